The molecule has 2 unspecified atom stereocenters. The number of ether oxygens (including phenoxy) is 1. The molecule has 2 heterocycles. The molecule has 2 aliphatic heterocycles. The Kier molecular flexibility index (Phi) is 5.02. The van der Waals surface area contributed by atoms with Crippen molar-refractivity contribution >= 4 is 18.3 Å². The highest BCUT2D eigenvalue weighted by molar-refractivity contribution is 5.85. The van der Waals surface area contributed by atoms with E-state index in [4.69, 9.17) is 10.5 Å². The standard InChI is InChI=1S/C11H20N2O2.ClH/c1-8(12)11(14)13-5-2-3-9-7-15-6-4-10(9)13;/h8-10H,2-7,12H2,1H3;1H/t8-,9?,10?;/m1./s1. The number of hydrogen-bond donors (Lipinski definition) is 1. The van der Waals surface area contributed by atoms with Gasteiger partial charge in [-0.25, -0.2) is 0 Å². The lowest BCUT2D eigenvalue weighted by molar-refractivity contribution is -0.141. The van der Waals surface area contributed by atoms with Crippen molar-refractivity contribution in [3.63, 3.8) is 0 Å². The number of hydrogen-bond acceptors (Lipinski definition) is 3. The van der Waals surface area contributed by atoms with E-state index in [9.17, 15) is 4.79 Å². The van der Waals surface area contributed by atoms with E-state index in [1.807, 2.05) is 4.90 Å². The summed E-state index contributed by atoms with van der Waals surface area (Å²) in [5.74, 6) is 0.641. The van der Waals surface area contributed by atoms with Crippen LogP contribution in [-0.2, 0) is 9.53 Å². The highest BCUT2D eigenvalue weighted by atomic mass is 35.5. The zero-order valence-electron chi connectivity index (χ0n) is 9.72. The topological polar surface area (TPSA) is 55.6 Å². The highest BCUT2D eigenvalue weighted by Gasteiger charge is 2.36. The fraction of sp³-hybridized carbons (Fsp3) is 0.909. The first kappa shape index (κ1) is 13.7. The molecule has 0 aromatic carbocycles. The summed E-state index contributed by atoms with van der Waals surface area (Å²) >= 11 is 0. The molecule has 2 fully saturated rings. The molecular formula is C11H21ClN2O2. The fourth-order valence-corrected chi connectivity index (χ4v) is 2.70. The van der Waals surface area contributed by atoms with Crippen molar-refractivity contribution in [1.82, 2.24) is 4.90 Å². The van der Waals surface area contributed by atoms with Crippen molar-refractivity contribution in [3.8, 4) is 0 Å². The quantitative estimate of drug-likeness (QED) is 0.746. The van der Waals surface area contributed by atoms with Crippen LogP contribution in [0.15, 0.2) is 0 Å². The van der Waals surface area contributed by atoms with E-state index in [1.54, 1.807) is 6.92 Å². The average molecular weight is 249 g/mol. The van der Waals surface area contributed by atoms with E-state index in [-0.39, 0.29) is 24.4 Å². The number of amides is 1. The minimum Gasteiger partial charge on any atom is -0.381 e. The summed E-state index contributed by atoms with van der Waals surface area (Å²) < 4.78 is 5.46. The van der Waals surface area contributed by atoms with Crippen molar-refractivity contribution in [1.29, 1.82) is 0 Å². The van der Waals surface area contributed by atoms with Gasteiger partial charge in [-0.05, 0) is 26.2 Å². The summed E-state index contributed by atoms with van der Waals surface area (Å²) in [7, 11) is 0. The smallest absolute Gasteiger partial charge is 0.239 e. The van der Waals surface area contributed by atoms with Crippen LogP contribution in [0.5, 0.6) is 0 Å². The molecule has 4 nitrogen and oxygen atoms in total. The van der Waals surface area contributed by atoms with Crippen LogP contribution in [0.1, 0.15) is 26.2 Å². The third kappa shape index (κ3) is 2.67. The Balaban J connectivity index is 0.00000128. The SMILES string of the molecule is C[C@@H](N)C(=O)N1CCCC2COCCC21.Cl. The van der Waals surface area contributed by atoms with Gasteiger partial charge in [-0.1, -0.05) is 0 Å². The van der Waals surface area contributed by atoms with Gasteiger partial charge in [-0.3, -0.25) is 4.79 Å². The van der Waals surface area contributed by atoms with Gasteiger partial charge in [0.05, 0.1) is 12.6 Å². The zero-order valence-corrected chi connectivity index (χ0v) is 10.5. The Labute approximate surface area is 103 Å². The highest BCUT2D eigenvalue weighted by Crippen LogP contribution is 2.29. The van der Waals surface area contributed by atoms with Gasteiger partial charge in [-0.15, -0.1) is 12.4 Å². The summed E-state index contributed by atoms with van der Waals surface area (Å²) in [5.41, 5.74) is 5.67. The summed E-state index contributed by atoms with van der Waals surface area (Å²) in [4.78, 5) is 13.9. The van der Waals surface area contributed by atoms with Crippen LogP contribution in [0.4, 0.5) is 0 Å². The second-order valence-corrected chi connectivity index (χ2v) is 4.65. The normalized spacial score (nSPS) is 31.2. The molecule has 0 spiro atoms. The molecule has 2 N–H and O–H groups in total. The maximum atomic E-state index is 11.9. The van der Waals surface area contributed by atoms with E-state index in [2.05, 4.69) is 0 Å². The Hall–Kier alpha value is -0.320. The second-order valence-electron chi connectivity index (χ2n) is 4.65. The Morgan fingerprint density at radius 1 is 1.50 bits per heavy atom. The summed E-state index contributed by atoms with van der Waals surface area (Å²) in [5, 5.41) is 0. The number of likely N-dealkylation sites (tertiary alicyclic amines) is 1. The van der Waals surface area contributed by atoms with Crippen LogP contribution in [-0.4, -0.2) is 42.6 Å². The predicted octanol–water partition coefficient (Wildman–Crippen LogP) is 0.783. The lowest BCUT2D eigenvalue weighted by Crippen LogP contribution is -2.55. The van der Waals surface area contributed by atoms with Crippen molar-refractivity contribution in [2.24, 2.45) is 11.7 Å². The molecule has 5 heteroatoms. The Bertz CT molecular complexity index is 246. The molecule has 0 radical (unpaired) electrons. The summed E-state index contributed by atoms with van der Waals surface area (Å²) in [6.45, 7) is 4.24. The molecular weight excluding hydrogens is 228 g/mol. The lowest BCUT2D eigenvalue weighted by Gasteiger charge is -2.44. The molecule has 0 aliphatic carbocycles. The van der Waals surface area contributed by atoms with Gasteiger partial charge in [0, 0.05) is 25.1 Å². The number of piperidine rings is 1. The van der Waals surface area contributed by atoms with E-state index < -0.39 is 0 Å². The minimum atomic E-state index is -0.369. The fourth-order valence-electron chi connectivity index (χ4n) is 2.70. The molecule has 2 aliphatic rings. The maximum absolute atomic E-state index is 11.9. The van der Waals surface area contributed by atoms with Gasteiger partial charge < -0.3 is 15.4 Å². The summed E-state index contributed by atoms with van der Waals surface area (Å²) in [6, 6.07) is 0.0117. The van der Waals surface area contributed by atoms with Gasteiger partial charge in [0.2, 0.25) is 5.91 Å². The van der Waals surface area contributed by atoms with Crippen LogP contribution < -0.4 is 5.73 Å². The van der Waals surface area contributed by atoms with Gasteiger partial charge in [0.1, 0.15) is 0 Å². The predicted molar refractivity (Wildman–Crippen MR) is 64.6 cm³/mol. The number of nitrogens with zero attached hydrogens (tertiary/aromatic N) is 1. The van der Waals surface area contributed by atoms with Crippen LogP contribution in [0.3, 0.4) is 0 Å². The number of fused-ring (bicyclic) bond motifs is 1. The van der Waals surface area contributed by atoms with Gasteiger partial charge in [0.15, 0.2) is 0 Å². The van der Waals surface area contributed by atoms with Crippen LogP contribution >= 0.6 is 12.4 Å². The van der Waals surface area contributed by atoms with Crippen LogP contribution in [0.2, 0.25) is 0 Å². The number of carbonyl (C=O) groups excluding carboxylic acids is 1. The lowest BCUT2D eigenvalue weighted by atomic mass is 9.86. The number of carbonyl (C=O) groups is 1. The molecule has 1 amide bonds. The molecule has 2 rings (SSSR count). The van der Waals surface area contributed by atoms with Crippen LogP contribution in [0.25, 0.3) is 0 Å². The molecule has 94 valence electrons. The third-order valence-corrected chi connectivity index (χ3v) is 3.48. The number of rotatable bonds is 1. The van der Waals surface area contributed by atoms with Gasteiger partial charge in [0.25, 0.3) is 0 Å². The second kappa shape index (κ2) is 5.84. The first-order valence-corrected chi connectivity index (χ1v) is 5.84. The first-order chi connectivity index (χ1) is 7.20. The average Bonchev–Trinajstić information content (AvgIpc) is 2.27. The van der Waals surface area contributed by atoms with Crippen molar-refractivity contribution < 1.29 is 9.53 Å². The molecule has 16 heavy (non-hydrogen) atoms. The van der Waals surface area contributed by atoms with E-state index in [1.165, 1.54) is 6.42 Å². The van der Waals surface area contributed by atoms with E-state index in [0.29, 0.717) is 12.0 Å². The summed E-state index contributed by atoms with van der Waals surface area (Å²) in [6.07, 6.45) is 3.25. The largest absolute Gasteiger partial charge is 0.381 e. The van der Waals surface area contributed by atoms with Crippen molar-refractivity contribution in [2.45, 2.75) is 38.3 Å². The number of halogens is 1. The molecule has 0 aromatic heterocycles. The Morgan fingerprint density at radius 3 is 2.94 bits per heavy atom. The molecule has 0 bridgehead atoms. The van der Waals surface area contributed by atoms with Crippen molar-refractivity contribution in [3.05, 3.63) is 0 Å². The van der Waals surface area contributed by atoms with E-state index in [0.717, 1.165) is 32.6 Å². The molecule has 0 aromatic rings. The zero-order chi connectivity index (χ0) is 10.8. The number of nitrogens with two attached hydrogens (primary N) is 1. The molecule has 3 atom stereocenters. The Morgan fingerprint density at radius 2 is 2.25 bits per heavy atom. The van der Waals surface area contributed by atoms with Crippen molar-refractivity contribution in [2.75, 3.05) is 19.8 Å². The third-order valence-electron chi connectivity index (χ3n) is 3.48. The van der Waals surface area contributed by atoms with Crippen LogP contribution in [0, 0.1) is 5.92 Å². The molecule has 0 saturated carbocycles. The molecule has 2 saturated heterocycles. The maximum Gasteiger partial charge on any atom is 0.239 e. The van der Waals surface area contributed by atoms with Gasteiger partial charge >= 0.3 is 0 Å². The van der Waals surface area contributed by atoms with E-state index >= 15 is 0 Å². The first-order valence-electron chi connectivity index (χ1n) is 5.84. The van der Waals surface area contributed by atoms with Gasteiger partial charge in [-0.2, -0.15) is 0 Å². The minimum absolute atomic E-state index is 0. The monoisotopic (exact) mass is 248 g/mol.